The molecule has 0 saturated carbocycles. The summed E-state index contributed by atoms with van der Waals surface area (Å²) < 4.78 is 21.9. The number of para-hydroxylation sites is 2. The maximum absolute atomic E-state index is 8.79. The number of benzene rings is 3. The lowest BCUT2D eigenvalue weighted by atomic mass is 9.76. The van der Waals surface area contributed by atoms with E-state index in [0.717, 1.165) is 6.04 Å². The Balaban J connectivity index is 1.48. The Hall–Kier alpha value is -3.78. The van der Waals surface area contributed by atoms with E-state index < -0.39 is 11.8 Å². The summed E-state index contributed by atoms with van der Waals surface area (Å²) in [6.45, 7) is 17.1. The Kier molecular flexibility index (Phi) is 3.93. The van der Waals surface area contributed by atoms with Gasteiger partial charge in [0.1, 0.15) is 17.9 Å². The standard InChI is InChI=1S/C35H34N2/c1-21-15-17-26-30(29(21)28-18-16-22(20-36(28)7)19-34(2,3)4)35(5,6)31-25-13-10-12-24-23-11-8-9-14-27(23)37(32(24)25)33(26)31/h8-18,20H,7,19H2,1-6H3/i19D2. The second-order valence-electron chi connectivity index (χ2n) is 12.2. The van der Waals surface area contributed by atoms with Gasteiger partial charge in [0.25, 0.3) is 0 Å². The molecule has 2 aromatic heterocycles. The van der Waals surface area contributed by atoms with Crippen LogP contribution >= 0.6 is 0 Å². The molecular formula is C35H34N2. The SMILES string of the molecule is [2H]C([2H])(C1=C[N+](=C)[C-](c2c(C)ccc3c2C(C)(C)c2c-3[n+]3c4ccccc4c4cccc2[c-]43)C=C1)C(C)(C)C. The normalized spacial score (nSPS) is 17.9. The van der Waals surface area contributed by atoms with Crippen molar-refractivity contribution in [3.8, 4) is 11.3 Å². The van der Waals surface area contributed by atoms with Crippen LogP contribution in [0.4, 0.5) is 0 Å². The van der Waals surface area contributed by atoms with Gasteiger partial charge in [0.15, 0.2) is 11.0 Å². The Morgan fingerprint density at radius 2 is 1.73 bits per heavy atom. The van der Waals surface area contributed by atoms with Crippen LogP contribution in [0.3, 0.4) is 0 Å². The fourth-order valence-corrected chi connectivity index (χ4v) is 6.87. The van der Waals surface area contributed by atoms with Crippen LogP contribution in [0.15, 0.2) is 78.5 Å². The Labute approximate surface area is 222 Å². The molecule has 3 aromatic carbocycles. The van der Waals surface area contributed by atoms with Crippen LogP contribution in [0.2, 0.25) is 0 Å². The first-order valence-corrected chi connectivity index (χ1v) is 13.2. The Morgan fingerprint density at radius 3 is 2.49 bits per heavy atom. The van der Waals surface area contributed by atoms with Crippen molar-refractivity contribution in [2.24, 2.45) is 5.41 Å². The van der Waals surface area contributed by atoms with E-state index in [1.807, 2.05) is 37.6 Å². The van der Waals surface area contributed by atoms with Crippen molar-refractivity contribution < 1.29 is 11.7 Å². The zero-order valence-corrected chi connectivity index (χ0v) is 22.5. The fourth-order valence-electron chi connectivity index (χ4n) is 6.87. The van der Waals surface area contributed by atoms with E-state index in [2.05, 4.69) is 92.6 Å². The van der Waals surface area contributed by atoms with Crippen LogP contribution in [0.1, 0.15) is 66.0 Å². The largest absolute Gasteiger partial charge is 0.255 e. The Morgan fingerprint density at radius 1 is 0.973 bits per heavy atom. The molecule has 0 saturated heterocycles. The minimum atomic E-state index is -1.48. The quantitative estimate of drug-likeness (QED) is 0.177. The van der Waals surface area contributed by atoms with Crippen LogP contribution in [-0.2, 0) is 5.41 Å². The average Bonchev–Trinajstić information content (AvgIpc) is 3.48. The summed E-state index contributed by atoms with van der Waals surface area (Å²) in [5.74, 6) is 0. The first kappa shape index (κ1) is 20.3. The molecule has 0 atom stereocenters. The van der Waals surface area contributed by atoms with Gasteiger partial charge in [-0.05, 0) is 67.8 Å². The third kappa shape index (κ3) is 2.93. The van der Waals surface area contributed by atoms with Crippen LogP contribution in [0.25, 0.3) is 38.4 Å². The highest BCUT2D eigenvalue weighted by Crippen LogP contribution is 2.55. The van der Waals surface area contributed by atoms with Gasteiger partial charge in [0, 0.05) is 2.74 Å². The molecule has 3 heterocycles. The Bertz CT molecular complexity index is 1920. The van der Waals surface area contributed by atoms with Gasteiger partial charge in [-0.3, -0.25) is 4.58 Å². The molecule has 37 heavy (non-hydrogen) atoms. The number of fused-ring (bicyclic) bond motifs is 8. The fraction of sp³-hybridized carbons (Fsp3) is 0.257. The highest BCUT2D eigenvalue weighted by Gasteiger charge is 2.43. The number of rotatable bonds is 2. The number of aromatic nitrogens is 1. The molecule has 0 spiro atoms. The molecule has 1 aliphatic carbocycles. The van der Waals surface area contributed by atoms with E-state index in [-0.39, 0.29) is 5.41 Å². The van der Waals surface area contributed by atoms with E-state index in [9.17, 15) is 0 Å². The van der Waals surface area contributed by atoms with Crippen molar-refractivity contribution in [2.45, 2.75) is 53.3 Å². The second-order valence-corrected chi connectivity index (χ2v) is 12.2. The van der Waals surface area contributed by atoms with Gasteiger partial charge in [-0.25, -0.2) is 4.40 Å². The summed E-state index contributed by atoms with van der Waals surface area (Å²) in [5.41, 5.74) is 10.1. The molecule has 7 rings (SSSR count). The lowest BCUT2D eigenvalue weighted by Crippen LogP contribution is -2.24. The summed E-state index contributed by atoms with van der Waals surface area (Å²) in [6, 6.07) is 21.0. The molecule has 0 bridgehead atoms. The van der Waals surface area contributed by atoms with E-state index in [4.69, 9.17) is 2.74 Å². The van der Waals surface area contributed by atoms with Crippen molar-refractivity contribution in [1.82, 2.24) is 0 Å². The van der Waals surface area contributed by atoms with E-state index in [1.54, 1.807) is 0 Å². The highest BCUT2D eigenvalue weighted by molar-refractivity contribution is 6.13. The first-order chi connectivity index (χ1) is 18.4. The van der Waals surface area contributed by atoms with Gasteiger partial charge in [-0.15, -0.1) is 6.07 Å². The summed E-state index contributed by atoms with van der Waals surface area (Å²) in [5, 5.41) is 3.92. The van der Waals surface area contributed by atoms with Crippen molar-refractivity contribution >= 4 is 33.9 Å². The smallest absolute Gasteiger partial charge is 0.160 e. The average molecular weight is 485 g/mol. The second kappa shape index (κ2) is 7.16. The van der Waals surface area contributed by atoms with E-state index in [0.29, 0.717) is 5.57 Å². The summed E-state index contributed by atoms with van der Waals surface area (Å²) in [7, 11) is 0. The van der Waals surface area contributed by atoms with Crippen LogP contribution in [-0.4, -0.2) is 11.3 Å². The molecule has 0 radical (unpaired) electrons. The van der Waals surface area contributed by atoms with Gasteiger partial charge in [0.2, 0.25) is 0 Å². The predicted molar refractivity (Wildman–Crippen MR) is 155 cm³/mol. The zero-order valence-electron chi connectivity index (χ0n) is 24.5. The first-order valence-electron chi connectivity index (χ1n) is 14.2. The summed E-state index contributed by atoms with van der Waals surface area (Å²) in [6.07, 6.45) is 4.40. The molecule has 0 amide bonds. The predicted octanol–water partition coefficient (Wildman–Crippen LogP) is 7.99. The van der Waals surface area contributed by atoms with Crippen LogP contribution in [0.5, 0.6) is 0 Å². The van der Waals surface area contributed by atoms with E-state index >= 15 is 0 Å². The van der Waals surface area contributed by atoms with Crippen molar-refractivity contribution in [3.63, 3.8) is 0 Å². The lowest BCUT2D eigenvalue weighted by molar-refractivity contribution is -0.462. The third-order valence-electron chi connectivity index (χ3n) is 8.14. The maximum Gasteiger partial charge on any atom is 0.160 e. The zero-order chi connectivity index (χ0) is 27.6. The van der Waals surface area contributed by atoms with Crippen LogP contribution < -0.4 is 4.40 Å². The van der Waals surface area contributed by atoms with Crippen molar-refractivity contribution in [1.29, 1.82) is 0 Å². The summed E-state index contributed by atoms with van der Waals surface area (Å²) in [4.78, 5) is 0. The molecular weight excluding hydrogens is 448 g/mol. The molecule has 184 valence electrons. The third-order valence-corrected chi connectivity index (χ3v) is 8.14. The van der Waals surface area contributed by atoms with E-state index in [1.165, 1.54) is 60.7 Å². The van der Waals surface area contributed by atoms with Crippen molar-refractivity contribution in [3.05, 3.63) is 107 Å². The number of aryl methyl sites for hydroxylation is 1. The summed E-state index contributed by atoms with van der Waals surface area (Å²) >= 11 is 0. The molecule has 1 aliphatic heterocycles. The number of hydrogen-bond acceptors (Lipinski definition) is 0. The molecule has 0 N–H and O–H groups in total. The lowest BCUT2D eigenvalue weighted by Gasteiger charge is -2.32. The minimum absolute atomic E-state index is 0.230. The molecule has 2 nitrogen and oxygen atoms in total. The van der Waals surface area contributed by atoms with Gasteiger partial charge in [-0.2, -0.15) is 0 Å². The number of hydrogen-bond donors (Lipinski definition) is 0. The molecule has 2 aliphatic rings. The number of nitrogens with zero attached hydrogens (tertiary/aromatic N) is 2. The van der Waals surface area contributed by atoms with Gasteiger partial charge in [-0.1, -0.05) is 101 Å². The van der Waals surface area contributed by atoms with Gasteiger partial charge >= 0.3 is 0 Å². The maximum atomic E-state index is 8.79. The van der Waals surface area contributed by atoms with Crippen molar-refractivity contribution in [2.75, 3.05) is 0 Å². The number of allylic oxidation sites excluding steroid dienone is 2. The van der Waals surface area contributed by atoms with Crippen LogP contribution in [0, 0.1) is 18.4 Å². The molecule has 2 heteroatoms. The van der Waals surface area contributed by atoms with Gasteiger partial charge in [0.05, 0.1) is 6.72 Å². The van der Waals surface area contributed by atoms with Gasteiger partial charge < -0.3 is 0 Å². The highest BCUT2D eigenvalue weighted by atomic mass is 15.0. The minimum Gasteiger partial charge on any atom is -0.255 e. The molecule has 5 aromatic rings. The topological polar surface area (TPSA) is 7.11 Å². The monoisotopic (exact) mass is 484 g/mol. The molecule has 0 unspecified atom stereocenters. The molecule has 0 fully saturated rings.